The molecule has 1 aliphatic heterocycles. The van der Waals surface area contributed by atoms with Crippen LogP contribution in [0.1, 0.15) is 45.3 Å². The van der Waals surface area contributed by atoms with Crippen molar-refractivity contribution in [2.75, 3.05) is 13.1 Å². The zero-order valence-corrected chi connectivity index (χ0v) is 20.6. The predicted molar refractivity (Wildman–Crippen MR) is 131 cm³/mol. The summed E-state index contributed by atoms with van der Waals surface area (Å²) in [6, 6.07) is 4.06. The third kappa shape index (κ3) is 4.31. The van der Waals surface area contributed by atoms with Gasteiger partial charge in [-0.3, -0.25) is 9.36 Å². The van der Waals surface area contributed by atoms with E-state index in [0.717, 1.165) is 0 Å². The number of fused-ring (bicyclic) bond motifs is 2. The average molecular weight is 496 g/mol. The quantitative estimate of drug-likeness (QED) is 0.396. The van der Waals surface area contributed by atoms with Crippen LogP contribution < -0.4 is 5.56 Å². The first-order valence-corrected chi connectivity index (χ1v) is 11.8. The summed E-state index contributed by atoms with van der Waals surface area (Å²) in [5.74, 6) is -1.26. The van der Waals surface area contributed by atoms with Gasteiger partial charge in [0.1, 0.15) is 11.1 Å². The first-order chi connectivity index (χ1) is 17.0. The number of rotatable bonds is 2. The molecule has 0 N–H and O–H groups in total. The van der Waals surface area contributed by atoms with E-state index in [4.69, 9.17) is 4.74 Å². The molecule has 0 saturated carbocycles. The smallest absolute Gasteiger partial charge is 0.410 e. The van der Waals surface area contributed by atoms with E-state index in [1.54, 1.807) is 24.2 Å². The number of benzene rings is 1. The van der Waals surface area contributed by atoms with E-state index < -0.39 is 17.2 Å². The van der Waals surface area contributed by atoms with Gasteiger partial charge in [-0.15, -0.1) is 0 Å². The van der Waals surface area contributed by atoms with Crippen molar-refractivity contribution in [2.45, 2.75) is 52.2 Å². The van der Waals surface area contributed by atoms with Crippen LogP contribution in [0.2, 0.25) is 0 Å². The number of piperidine rings is 1. The minimum Gasteiger partial charge on any atom is -0.444 e. The largest absolute Gasteiger partial charge is 0.444 e. The fourth-order valence-corrected chi connectivity index (χ4v) is 4.64. The first kappa shape index (κ1) is 23.9. The lowest BCUT2D eigenvalue weighted by Gasteiger charge is -2.34. The third-order valence-electron chi connectivity index (χ3n) is 6.34. The van der Waals surface area contributed by atoms with Gasteiger partial charge in [0.15, 0.2) is 17.3 Å². The number of ether oxygens (including phenoxy) is 1. The highest BCUT2D eigenvalue weighted by atomic mass is 19.1. The van der Waals surface area contributed by atoms with Gasteiger partial charge < -0.3 is 14.0 Å². The second-order valence-corrected chi connectivity index (χ2v) is 10.2. The Balaban J connectivity index is 1.43. The van der Waals surface area contributed by atoms with Gasteiger partial charge in [0.25, 0.3) is 5.56 Å². The minimum atomic E-state index is -0.688. The fraction of sp³-hybridized carbons (Fsp3) is 0.385. The number of imidazole rings is 1. The molecule has 0 atom stereocenters. The molecule has 0 spiro atoms. The van der Waals surface area contributed by atoms with Gasteiger partial charge in [0, 0.05) is 42.7 Å². The van der Waals surface area contributed by atoms with Crippen LogP contribution in [0.3, 0.4) is 0 Å². The number of halogens is 2. The number of nitrogens with zero attached hydrogens (tertiary/aromatic N) is 5. The lowest BCUT2D eigenvalue weighted by molar-refractivity contribution is 0.0187. The highest BCUT2D eigenvalue weighted by molar-refractivity contribution is 5.84. The Kier molecular flexibility index (Phi) is 5.77. The molecule has 4 heterocycles. The van der Waals surface area contributed by atoms with Crippen LogP contribution in [0.4, 0.5) is 13.6 Å². The van der Waals surface area contributed by atoms with Crippen molar-refractivity contribution in [3.63, 3.8) is 0 Å². The molecule has 1 amide bonds. The number of aryl methyl sites for hydroxylation is 1. The molecular formula is C26H27F2N5O3. The van der Waals surface area contributed by atoms with Gasteiger partial charge in [-0.25, -0.2) is 23.5 Å². The van der Waals surface area contributed by atoms with E-state index >= 15 is 4.39 Å². The van der Waals surface area contributed by atoms with E-state index in [1.165, 1.54) is 33.5 Å². The summed E-state index contributed by atoms with van der Waals surface area (Å²) in [4.78, 5) is 35.6. The summed E-state index contributed by atoms with van der Waals surface area (Å²) in [5.41, 5.74) is 0.267. The molecule has 1 saturated heterocycles. The maximum atomic E-state index is 15.5. The summed E-state index contributed by atoms with van der Waals surface area (Å²) >= 11 is 0. The Morgan fingerprint density at radius 1 is 1.14 bits per heavy atom. The van der Waals surface area contributed by atoms with Gasteiger partial charge in [0.05, 0.1) is 17.4 Å². The van der Waals surface area contributed by atoms with Crippen molar-refractivity contribution in [1.29, 1.82) is 0 Å². The van der Waals surface area contributed by atoms with Crippen molar-refractivity contribution in [1.82, 2.24) is 23.8 Å². The van der Waals surface area contributed by atoms with Crippen LogP contribution in [-0.2, 0) is 4.74 Å². The van der Waals surface area contributed by atoms with Gasteiger partial charge in [-0.05, 0) is 52.7 Å². The number of pyridine rings is 1. The van der Waals surface area contributed by atoms with Crippen LogP contribution in [0, 0.1) is 18.6 Å². The zero-order chi connectivity index (χ0) is 25.8. The summed E-state index contributed by atoms with van der Waals surface area (Å²) in [6.45, 7) is 8.08. The number of hydrogen-bond donors (Lipinski definition) is 0. The molecular weight excluding hydrogens is 468 g/mol. The molecule has 188 valence electrons. The molecule has 36 heavy (non-hydrogen) atoms. The molecule has 1 aromatic carbocycles. The van der Waals surface area contributed by atoms with E-state index in [9.17, 15) is 14.0 Å². The normalized spacial score (nSPS) is 15.1. The molecule has 0 unspecified atom stereocenters. The average Bonchev–Trinajstić information content (AvgIpc) is 3.20. The number of carbonyl (C=O) groups is 1. The van der Waals surface area contributed by atoms with E-state index in [-0.39, 0.29) is 39.8 Å². The lowest BCUT2D eigenvalue weighted by atomic mass is 10.0. The molecule has 4 aromatic rings. The Labute approximate surface area is 206 Å². The molecule has 0 radical (unpaired) electrons. The molecule has 1 aliphatic rings. The monoisotopic (exact) mass is 495 g/mol. The fourth-order valence-electron chi connectivity index (χ4n) is 4.64. The lowest BCUT2D eigenvalue weighted by Crippen LogP contribution is -2.43. The van der Waals surface area contributed by atoms with Gasteiger partial charge in [-0.2, -0.15) is 0 Å². The molecule has 1 fully saturated rings. The number of aromatic nitrogens is 4. The summed E-state index contributed by atoms with van der Waals surface area (Å²) in [7, 11) is 0. The van der Waals surface area contributed by atoms with Gasteiger partial charge in [-0.1, -0.05) is 6.07 Å². The molecule has 0 bridgehead atoms. The van der Waals surface area contributed by atoms with Crippen molar-refractivity contribution in [2.24, 2.45) is 0 Å². The maximum Gasteiger partial charge on any atom is 0.410 e. The number of likely N-dealkylation sites (tertiary alicyclic amines) is 1. The molecule has 8 nitrogen and oxygen atoms in total. The predicted octanol–water partition coefficient (Wildman–Crippen LogP) is 4.87. The standard InChI is InChI=1S/C26H27F2N5O3/c1-15-12-32-13-16(11-20(27)23(32)30-15)18-5-6-19-22(21(18)28)29-14-33(24(19)34)17-7-9-31(10-8-17)25(35)36-26(2,3)4/h5-6,11-14,17H,7-10H2,1-4H3. The number of amides is 1. The molecule has 0 aliphatic carbocycles. The van der Waals surface area contributed by atoms with E-state index in [2.05, 4.69) is 9.97 Å². The Morgan fingerprint density at radius 3 is 2.56 bits per heavy atom. The number of hydrogen-bond acceptors (Lipinski definition) is 5. The number of carbonyl (C=O) groups excluding carboxylic acids is 1. The van der Waals surface area contributed by atoms with Crippen LogP contribution >= 0.6 is 0 Å². The zero-order valence-electron chi connectivity index (χ0n) is 20.6. The maximum absolute atomic E-state index is 15.5. The third-order valence-corrected chi connectivity index (χ3v) is 6.34. The minimum absolute atomic E-state index is 0.0674. The summed E-state index contributed by atoms with van der Waals surface area (Å²) < 4.78 is 38.5. The first-order valence-electron chi connectivity index (χ1n) is 11.8. The second-order valence-electron chi connectivity index (χ2n) is 10.2. The molecule has 10 heteroatoms. The second kappa shape index (κ2) is 8.69. The Bertz CT molecular complexity index is 1550. The summed E-state index contributed by atoms with van der Waals surface area (Å²) in [6.07, 6.45) is 5.34. The van der Waals surface area contributed by atoms with Crippen LogP contribution in [0.25, 0.3) is 27.7 Å². The van der Waals surface area contributed by atoms with Crippen LogP contribution in [0.15, 0.2) is 41.7 Å². The highest BCUT2D eigenvalue weighted by Gasteiger charge is 2.28. The van der Waals surface area contributed by atoms with Crippen molar-refractivity contribution in [3.05, 3.63) is 64.6 Å². The van der Waals surface area contributed by atoms with Crippen molar-refractivity contribution in [3.8, 4) is 11.1 Å². The Morgan fingerprint density at radius 2 is 1.86 bits per heavy atom. The highest BCUT2D eigenvalue weighted by Crippen LogP contribution is 2.29. The SMILES string of the molecule is Cc1cn2cc(-c3ccc4c(=O)n(C5CCN(C(=O)OC(C)(C)C)CC5)cnc4c3F)cc(F)c2n1. The van der Waals surface area contributed by atoms with Gasteiger partial charge >= 0.3 is 6.09 Å². The van der Waals surface area contributed by atoms with Crippen molar-refractivity contribution < 1.29 is 18.3 Å². The topological polar surface area (TPSA) is 81.7 Å². The van der Waals surface area contributed by atoms with Crippen LogP contribution in [0.5, 0.6) is 0 Å². The molecule has 3 aromatic heterocycles. The van der Waals surface area contributed by atoms with E-state index in [1.807, 2.05) is 20.8 Å². The summed E-state index contributed by atoms with van der Waals surface area (Å²) in [5, 5.41) is 0.147. The van der Waals surface area contributed by atoms with Crippen molar-refractivity contribution >= 4 is 22.6 Å². The van der Waals surface area contributed by atoms with Gasteiger partial charge in [0.2, 0.25) is 0 Å². The van der Waals surface area contributed by atoms with Crippen LogP contribution in [-0.4, -0.2) is 48.6 Å². The molecule has 5 rings (SSSR count). The van der Waals surface area contributed by atoms with E-state index in [0.29, 0.717) is 37.2 Å². The Hall–Kier alpha value is -3.82.